The molecule has 0 aliphatic heterocycles. The molecule has 2 heterocycles. The second kappa shape index (κ2) is 3.38. The van der Waals surface area contributed by atoms with E-state index in [0.717, 1.165) is 0 Å². The zero-order chi connectivity index (χ0) is 11.0. The highest BCUT2D eigenvalue weighted by Crippen LogP contribution is 2.23. The first kappa shape index (κ1) is 9.70. The molecule has 2 aromatic heterocycles. The van der Waals surface area contributed by atoms with Gasteiger partial charge in [0.15, 0.2) is 0 Å². The van der Waals surface area contributed by atoms with Crippen LogP contribution in [0.15, 0.2) is 18.2 Å². The number of hydrogen-bond donors (Lipinski definition) is 0. The molecule has 0 aliphatic rings. The molecule has 2 radical (unpaired) electrons. The van der Waals surface area contributed by atoms with Gasteiger partial charge in [0.1, 0.15) is 19.1 Å². The summed E-state index contributed by atoms with van der Waals surface area (Å²) in [6, 6.07) is 4.97. The molecular formula is C9H8BN3O2. The van der Waals surface area contributed by atoms with E-state index in [1.165, 1.54) is 4.52 Å². The van der Waals surface area contributed by atoms with Gasteiger partial charge in [-0.05, 0) is 18.1 Å². The fourth-order valence-electron chi connectivity index (χ4n) is 1.56. The number of rotatable bonds is 2. The monoisotopic (exact) mass is 201 g/mol. The summed E-state index contributed by atoms with van der Waals surface area (Å²) in [5.41, 5.74) is 1.34. The molecule has 0 fully saturated rings. The van der Waals surface area contributed by atoms with E-state index in [0.29, 0.717) is 23.2 Å². The van der Waals surface area contributed by atoms with E-state index in [1.54, 1.807) is 18.2 Å². The topological polar surface area (TPSA) is 60.4 Å². The Morgan fingerprint density at radius 1 is 1.60 bits per heavy atom. The number of nitro groups is 1. The van der Waals surface area contributed by atoms with Crippen LogP contribution >= 0.6 is 0 Å². The van der Waals surface area contributed by atoms with Crippen molar-refractivity contribution in [3.05, 3.63) is 34.0 Å². The van der Waals surface area contributed by atoms with E-state index in [4.69, 9.17) is 7.85 Å². The maximum absolute atomic E-state index is 10.9. The van der Waals surface area contributed by atoms with Crippen LogP contribution in [0, 0.1) is 10.1 Å². The summed E-state index contributed by atoms with van der Waals surface area (Å²) in [6.07, 6.45) is 0.511. The predicted molar refractivity (Wildman–Crippen MR) is 56.6 cm³/mol. The fourth-order valence-corrected chi connectivity index (χ4v) is 1.56. The zero-order valence-corrected chi connectivity index (χ0v) is 8.17. The van der Waals surface area contributed by atoms with Crippen LogP contribution in [0.25, 0.3) is 5.52 Å². The Labute approximate surface area is 87.3 Å². The van der Waals surface area contributed by atoms with Crippen LogP contribution in [0.3, 0.4) is 0 Å². The van der Waals surface area contributed by atoms with Gasteiger partial charge in [0.25, 0.3) is 0 Å². The van der Waals surface area contributed by atoms with Gasteiger partial charge in [-0.25, -0.2) is 4.52 Å². The molecule has 2 rings (SSSR count). The molecule has 15 heavy (non-hydrogen) atoms. The number of aryl methyl sites for hydroxylation is 1. The molecular weight excluding hydrogens is 193 g/mol. The third-order valence-corrected chi connectivity index (χ3v) is 2.25. The Morgan fingerprint density at radius 2 is 2.33 bits per heavy atom. The van der Waals surface area contributed by atoms with Crippen molar-refractivity contribution in [2.24, 2.45) is 0 Å². The van der Waals surface area contributed by atoms with E-state index in [2.05, 4.69) is 5.10 Å². The standard InChI is InChI=1S/C9H8BN3O2/c1-2-6-9(13(14)15)7-4-3-5-8(10)12(7)11-6/h3-5H,2H2,1H3. The van der Waals surface area contributed by atoms with Crippen LogP contribution in [-0.4, -0.2) is 22.4 Å². The number of pyridine rings is 1. The highest BCUT2D eigenvalue weighted by atomic mass is 16.6. The summed E-state index contributed by atoms with van der Waals surface area (Å²) in [5.74, 6) is 0. The van der Waals surface area contributed by atoms with Gasteiger partial charge in [0, 0.05) is 0 Å². The van der Waals surface area contributed by atoms with E-state index in [9.17, 15) is 10.1 Å². The third kappa shape index (κ3) is 1.38. The minimum absolute atomic E-state index is 0.0461. The smallest absolute Gasteiger partial charge is 0.258 e. The summed E-state index contributed by atoms with van der Waals surface area (Å²) in [7, 11) is 5.67. The molecule has 5 nitrogen and oxygen atoms in total. The predicted octanol–water partition coefficient (Wildman–Crippen LogP) is 0.599. The van der Waals surface area contributed by atoms with Gasteiger partial charge in [-0.3, -0.25) is 10.1 Å². The lowest BCUT2D eigenvalue weighted by atomic mass is 10.0. The summed E-state index contributed by atoms with van der Waals surface area (Å²) >= 11 is 0. The number of nitrogens with zero attached hydrogens (tertiary/aromatic N) is 3. The maximum Gasteiger partial charge on any atom is 0.317 e. The summed E-state index contributed by atoms with van der Waals surface area (Å²) < 4.78 is 1.40. The van der Waals surface area contributed by atoms with Crippen LogP contribution in [0.2, 0.25) is 0 Å². The first-order valence-electron chi connectivity index (χ1n) is 4.55. The molecule has 0 atom stereocenters. The van der Waals surface area contributed by atoms with Gasteiger partial charge in [0.05, 0.1) is 4.92 Å². The van der Waals surface area contributed by atoms with Gasteiger partial charge in [-0.1, -0.05) is 19.1 Å². The third-order valence-electron chi connectivity index (χ3n) is 2.25. The van der Waals surface area contributed by atoms with Crippen LogP contribution in [0.4, 0.5) is 5.69 Å². The molecule has 0 unspecified atom stereocenters. The van der Waals surface area contributed by atoms with Gasteiger partial charge in [-0.15, -0.1) is 0 Å². The lowest BCUT2D eigenvalue weighted by molar-refractivity contribution is -0.383. The Hall–Kier alpha value is -1.85. The fraction of sp³-hybridized carbons (Fsp3) is 0.222. The summed E-state index contributed by atoms with van der Waals surface area (Å²) in [6.45, 7) is 1.82. The van der Waals surface area contributed by atoms with Crippen molar-refractivity contribution in [2.75, 3.05) is 0 Å². The van der Waals surface area contributed by atoms with E-state index >= 15 is 0 Å². The first-order valence-corrected chi connectivity index (χ1v) is 4.55. The van der Waals surface area contributed by atoms with Gasteiger partial charge >= 0.3 is 5.69 Å². The average Bonchev–Trinajstić information content (AvgIpc) is 2.57. The molecule has 0 amide bonds. The van der Waals surface area contributed by atoms with Crippen molar-refractivity contribution in [3.63, 3.8) is 0 Å². The molecule has 0 bridgehead atoms. The van der Waals surface area contributed by atoms with E-state index in [-0.39, 0.29) is 5.69 Å². The Balaban J connectivity index is 2.86. The van der Waals surface area contributed by atoms with Gasteiger partial charge < -0.3 is 0 Å². The SMILES string of the molecule is [B]c1cccc2c([N+](=O)[O-])c(CC)nn12. The number of aromatic nitrogens is 2. The summed E-state index contributed by atoms with van der Waals surface area (Å²) in [4.78, 5) is 10.5. The van der Waals surface area contributed by atoms with Crippen LogP contribution in [0.5, 0.6) is 0 Å². The Kier molecular flexibility index (Phi) is 2.19. The molecule has 0 spiro atoms. The van der Waals surface area contributed by atoms with Crippen molar-refractivity contribution < 1.29 is 4.92 Å². The molecule has 0 N–H and O–H groups in total. The largest absolute Gasteiger partial charge is 0.317 e. The first-order chi connectivity index (χ1) is 7.15. The van der Waals surface area contributed by atoms with Gasteiger partial charge in [0.2, 0.25) is 0 Å². The van der Waals surface area contributed by atoms with Crippen molar-refractivity contribution in [1.82, 2.24) is 9.61 Å². The molecule has 74 valence electrons. The second-order valence-corrected chi connectivity index (χ2v) is 3.15. The minimum atomic E-state index is -0.416. The van der Waals surface area contributed by atoms with Crippen molar-refractivity contribution in [3.8, 4) is 0 Å². The number of hydrogen-bond acceptors (Lipinski definition) is 3. The normalized spacial score (nSPS) is 10.7. The lowest BCUT2D eigenvalue weighted by Gasteiger charge is -1.96. The zero-order valence-electron chi connectivity index (χ0n) is 8.17. The lowest BCUT2D eigenvalue weighted by Crippen LogP contribution is -2.14. The molecule has 0 aliphatic carbocycles. The maximum atomic E-state index is 10.9. The average molecular weight is 201 g/mol. The molecule has 0 saturated carbocycles. The molecule has 2 aromatic rings. The van der Waals surface area contributed by atoms with Crippen molar-refractivity contribution >= 4 is 24.6 Å². The quantitative estimate of drug-likeness (QED) is 0.406. The van der Waals surface area contributed by atoms with Gasteiger partial charge in [-0.2, -0.15) is 5.10 Å². The molecule has 0 aromatic carbocycles. The molecule has 6 heteroatoms. The van der Waals surface area contributed by atoms with Crippen molar-refractivity contribution in [1.29, 1.82) is 0 Å². The highest BCUT2D eigenvalue weighted by molar-refractivity contribution is 6.31. The van der Waals surface area contributed by atoms with Crippen molar-refractivity contribution in [2.45, 2.75) is 13.3 Å². The van der Waals surface area contributed by atoms with E-state index < -0.39 is 4.92 Å². The Bertz CT molecular complexity index is 535. The van der Waals surface area contributed by atoms with Crippen LogP contribution < -0.4 is 5.59 Å². The molecule has 0 saturated heterocycles. The van der Waals surface area contributed by atoms with Crippen LogP contribution in [0.1, 0.15) is 12.6 Å². The highest BCUT2D eigenvalue weighted by Gasteiger charge is 2.21. The Morgan fingerprint density at radius 3 is 2.93 bits per heavy atom. The minimum Gasteiger partial charge on any atom is -0.258 e. The van der Waals surface area contributed by atoms with E-state index in [1.807, 2.05) is 6.92 Å². The number of fused-ring (bicyclic) bond motifs is 1. The summed E-state index contributed by atoms with van der Waals surface area (Å²) in [5, 5.41) is 15.0. The van der Waals surface area contributed by atoms with Crippen LogP contribution in [-0.2, 0) is 6.42 Å². The second-order valence-electron chi connectivity index (χ2n) is 3.15.